The molecule has 1 aromatic heterocycles. The van der Waals surface area contributed by atoms with E-state index in [4.69, 9.17) is 16.3 Å². The molecule has 0 N–H and O–H groups in total. The number of halogens is 2. The lowest BCUT2D eigenvalue weighted by Crippen LogP contribution is -2.40. The lowest BCUT2D eigenvalue weighted by molar-refractivity contribution is 0.102. The second-order valence-electron chi connectivity index (χ2n) is 4.44. The summed E-state index contributed by atoms with van der Waals surface area (Å²) in [7, 11) is -1.91. The van der Waals surface area contributed by atoms with Gasteiger partial charge >= 0.3 is 0 Å². The van der Waals surface area contributed by atoms with Crippen molar-refractivity contribution in [3.63, 3.8) is 0 Å². The van der Waals surface area contributed by atoms with E-state index in [0.29, 0.717) is 16.3 Å². The van der Waals surface area contributed by atoms with Crippen LogP contribution >= 0.6 is 38.9 Å². The Bertz CT molecular complexity index is 560. The third kappa shape index (κ3) is 3.01. The first kappa shape index (κ1) is 15.7. The van der Waals surface area contributed by atoms with Crippen LogP contribution in [0.1, 0.15) is 18.2 Å². The van der Waals surface area contributed by atoms with Crippen molar-refractivity contribution in [2.24, 2.45) is 0 Å². The Morgan fingerprint density at radius 3 is 2.79 bits per heavy atom. The van der Waals surface area contributed by atoms with Crippen molar-refractivity contribution >= 4 is 48.9 Å². The molecule has 1 aliphatic rings. The fraction of sp³-hybridized carbons (Fsp3) is 0.636. The van der Waals surface area contributed by atoms with Crippen LogP contribution in [-0.4, -0.2) is 38.5 Å². The van der Waals surface area contributed by atoms with Crippen LogP contribution < -0.4 is 0 Å². The van der Waals surface area contributed by atoms with Gasteiger partial charge in [0.15, 0.2) is 0 Å². The minimum atomic E-state index is -3.52. The topological polar surface area (TPSA) is 46.6 Å². The zero-order valence-corrected chi connectivity index (χ0v) is 14.6. The molecule has 1 fully saturated rings. The Labute approximate surface area is 130 Å². The molecule has 0 aromatic carbocycles. The maximum atomic E-state index is 12.6. The average molecular weight is 389 g/mol. The van der Waals surface area contributed by atoms with E-state index < -0.39 is 10.0 Å². The maximum Gasteiger partial charge on any atom is 0.245 e. The number of nitrogens with zero attached hydrogens (tertiary/aromatic N) is 1. The predicted octanol–water partition coefficient (Wildman–Crippen LogP) is 3.05. The zero-order chi connectivity index (χ0) is 14.2. The first-order valence-electron chi connectivity index (χ1n) is 5.81. The average Bonchev–Trinajstić information content (AvgIpc) is 2.94. The van der Waals surface area contributed by atoms with Crippen molar-refractivity contribution < 1.29 is 13.2 Å². The van der Waals surface area contributed by atoms with E-state index in [0.717, 1.165) is 11.3 Å². The highest BCUT2D eigenvalue weighted by atomic mass is 79.9. The molecule has 0 radical (unpaired) electrons. The monoisotopic (exact) mass is 387 g/mol. The Hall–Kier alpha value is 0.340. The van der Waals surface area contributed by atoms with Gasteiger partial charge in [-0.05, 0) is 35.3 Å². The molecular weight excluding hydrogens is 374 g/mol. The van der Waals surface area contributed by atoms with Crippen LogP contribution in [0.2, 0.25) is 0 Å². The van der Waals surface area contributed by atoms with Gasteiger partial charge in [-0.25, -0.2) is 8.42 Å². The van der Waals surface area contributed by atoms with Gasteiger partial charge in [-0.1, -0.05) is 0 Å². The van der Waals surface area contributed by atoms with Crippen LogP contribution in [-0.2, 0) is 20.6 Å². The molecule has 108 valence electrons. The van der Waals surface area contributed by atoms with E-state index >= 15 is 0 Å². The third-order valence-corrected chi connectivity index (χ3v) is 7.88. The predicted molar refractivity (Wildman–Crippen MR) is 80.3 cm³/mol. The summed E-state index contributed by atoms with van der Waals surface area (Å²) in [5.74, 6) is 0.311. The van der Waals surface area contributed by atoms with Gasteiger partial charge in [0, 0.05) is 18.5 Å². The lowest BCUT2D eigenvalue weighted by atomic mass is 10.2. The van der Waals surface area contributed by atoms with Crippen molar-refractivity contribution in [1.29, 1.82) is 0 Å². The summed E-state index contributed by atoms with van der Waals surface area (Å²) >= 11 is 10.4. The van der Waals surface area contributed by atoms with Crippen LogP contribution in [0.15, 0.2) is 14.7 Å². The fourth-order valence-corrected chi connectivity index (χ4v) is 6.34. The minimum Gasteiger partial charge on any atom is -0.377 e. The molecule has 0 saturated carbocycles. The molecule has 0 bridgehead atoms. The summed E-state index contributed by atoms with van der Waals surface area (Å²) in [4.78, 5) is 1.12. The number of ether oxygens (including phenoxy) is 1. The first-order chi connectivity index (χ1) is 8.87. The molecule has 2 rings (SSSR count). The number of sulfonamides is 1. The van der Waals surface area contributed by atoms with E-state index in [1.165, 1.54) is 15.6 Å². The molecule has 0 spiro atoms. The van der Waals surface area contributed by atoms with Crippen LogP contribution in [0, 0.1) is 0 Å². The number of hydrogen-bond donors (Lipinski definition) is 0. The van der Waals surface area contributed by atoms with Crippen molar-refractivity contribution in [2.45, 2.75) is 36.3 Å². The maximum absolute atomic E-state index is 12.6. The highest BCUT2D eigenvalue weighted by Gasteiger charge is 2.36. The van der Waals surface area contributed by atoms with Crippen LogP contribution in [0.4, 0.5) is 0 Å². The molecule has 19 heavy (non-hydrogen) atoms. The number of alkyl halides is 1. The van der Waals surface area contributed by atoms with Crippen molar-refractivity contribution in [3.8, 4) is 0 Å². The summed E-state index contributed by atoms with van der Waals surface area (Å²) in [5, 5.41) is 0. The van der Waals surface area contributed by atoms with Crippen molar-refractivity contribution in [2.75, 3.05) is 13.7 Å². The second-order valence-corrected chi connectivity index (χ2v) is 9.13. The van der Waals surface area contributed by atoms with Gasteiger partial charge in [-0.15, -0.1) is 22.9 Å². The highest BCUT2D eigenvalue weighted by Crippen LogP contribution is 2.35. The Morgan fingerprint density at radius 1 is 1.63 bits per heavy atom. The molecule has 0 amide bonds. The summed E-state index contributed by atoms with van der Waals surface area (Å²) < 4.78 is 32.7. The number of likely N-dealkylation sites (N-methyl/N-ethyl adjacent to an activating group) is 1. The van der Waals surface area contributed by atoms with Crippen LogP contribution in [0.25, 0.3) is 0 Å². The van der Waals surface area contributed by atoms with E-state index in [1.54, 1.807) is 13.1 Å². The van der Waals surface area contributed by atoms with E-state index in [1.807, 2.05) is 6.92 Å². The number of thiophene rings is 1. The summed E-state index contributed by atoms with van der Waals surface area (Å²) in [6, 6.07) is 1.52. The molecule has 2 heterocycles. The smallest absolute Gasteiger partial charge is 0.245 e. The van der Waals surface area contributed by atoms with Crippen molar-refractivity contribution in [3.05, 3.63) is 14.7 Å². The van der Waals surface area contributed by atoms with E-state index in [2.05, 4.69) is 15.9 Å². The van der Waals surface area contributed by atoms with Gasteiger partial charge in [0.25, 0.3) is 0 Å². The van der Waals surface area contributed by atoms with Gasteiger partial charge in [-0.2, -0.15) is 4.31 Å². The fourth-order valence-electron chi connectivity index (χ4n) is 2.17. The van der Waals surface area contributed by atoms with E-state index in [9.17, 15) is 8.42 Å². The largest absolute Gasteiger partial charge is 0.377 e. The molecule has 8 heteroatoms. The van der Waals surface area contributed by atoms with Crippen LogP contribution in [0.5, 0.6) is 0 Å². The quantitative estimate of drug-likeness (QED) is 0.745. The van der Waals surface area contributed by atoms with Gasteiger partial charge < -0.3 is 4.74 Å². The van der Waals surface area contributed by atoms with E-state index in [-0.39, 0.29) is 17.0 Å². The Balaban J connectivity index is 2.33. The molecular formula is C11H15BrClNO3S2. The van der Waals surface area contributed by atoms with Gasteiger partial charge in [0.2, 0.25) is 10.0 Å². The molecule has 2 atom stereocenters. The molecule has 0 aliphatic carbocycles. The third-order valence-electron chi connectivity index (χ3n) is 3.30. The second kappa shape index (κ2) is 5.99. The lowest BCUT2D eigenvalue weighted by Gasteiger charge is -2.25. The standard InChI is InChI=1S/C11H15BrClNO3S2/c1-7-9(3-4-17-7)14(2)19(15,16)10-5-8(6-13)18-11(10)12/h5,7,9H,3-4,6H2,1-2H3. The molecule has 1 aliphatic heterocycles. The van der Waals surface area contributed by atoms with Gasteiger partial charge in [0.1, 0.15) is 4.90 Å². The highest BCUT2D eigenvalue weighted by molar-refractivity contribution is 9.11. The minimum absolute atomic E-state index is 0.0790. The number of rotatable bonds is 4. The normalized spacial score (nSPS) is 24.3. The van der Waals surface area contributed by atoms with Gasteiger partial charge in [-0.3, -0.25) is 0 Å². The molecule has 1 saturated heterocycles. The van der Waals surface area contributed by atoms with Crippen molar-refractivity contribution in [1.82, 2.24) is 4.31 Å². The Kier molecular flexibility index (Phi) is 4.96. The number of hydrogen-bond acceptors (Lipinski definition) is 4. The summed E-state index contributed by atoms with van der Waals surface area (Å²) in [5.41, 5.74) is 0. The van der Waals surface area contributed by atoms with Crippen LogP contribution in [0.3, 0.4) is 0 Å². The zero-order valence-electron chi connectivity index (χ0n) is 10.6. The molecule has 1 aromatic rings. The summed E-state index contributed by atoms with van der Waals surface area (Å²) in [6.45, 7) is 2.50. The first-order valence-corrected chi connectivity index (χ1v) is 9.40. The molecule has 4 nitrogen and oxygen atoms in total. The molecule has 2 unspecified atom stereocenters. The summed E-state index contributed by atoms with van der Waals surface area (Å²) in [6.07, 6.45) is 0.644. The Morgan fingerprint density at radius 2 is 2.32 bits per heavy atom. The SMILES string of the molecule is CC1OCCC1N(C)S(=O)(=O)c1cc(CCl)sc1Br. The van der Waals surface area contributed by atoms with Gasteiger partial charge in [0.05, 0.1) is 21.8 Å².